The van der Waals surface area contributed by atoms with Crippen molar-refractivity contribution in [3.63, 3.8) is 0 Å². The van der Waals surface area contributed by atoms with Gasteiger partial charge in [0.05, 0.1) is 6.61 Å². The number of nitrogens with one attached hydrogen (secondary N) is 1. The van der Waals surface area contributed by atoms with Gasteiger partial charge in [-0.15, -0.1) is 0 Å². The van der Waals surface area contributed by atoms with Crippen LogP contribution in [0.5, 0.6) is 0 Å². The maximum atomic E-state index is 11.7. The average Bonchev–Trinajstić information content (AvgIpc) is 2.08. The second kappa shape index (κ2) is 8.38. The molecule has 0 atom stereocenters. The van der Waals surface area contributed by atoms with E-state index in [0.717, 1.165) is 19.5 Å². The smallest absolute Gasteiger partial charge is 0.383 e. The van der Waals surface area contributed by atoms with Crippen LogP contribution < -0.4 is 5.32 Å². The van der Waals surface area contributed by atoms with E-state index in [1.165, 1.54) is 0 Å². The average molecular weight is 231 g/mol. The van der Waals surface area contributed by atoms with Crippen molar-refractivity contribution in [2.45, 2.75) is 18.3 Å². The summed E-state index contributed by atoms with van der Waals surface area (Å²) in [5.41, 5.74) is -4.08. The molecular formula is C8H16F3NOS. The van der Waals surface area contributed by atoms with Crippen molar-refractivity contribution >= 4 is 11.8 Å². The first kappa shape index (κ1) is 14.1. The Labute approximate surface area is 86.6 Å². The third kappa shape index (κ3) is 12.1. The van der Waals surface area contributed by atoms with Crippen LogP contribution in [0, 0.1) is 0 Å². The molecule has 0 radical (unpaired) electrons. The molecule has 0 spiro atoms. The SMILES string of the molecule is COCCNCCCCSC(F)(F)F. The number of rotatable bonds is 8. The van der Waals surface area contributed by atoms with Crippen molar-refractivity contribution in [1.29, 1.82) is 0 Å². The van der Waals surface area contributed by atoms with E-state index in [-0.39, 0.29) is 17.5 Å². The fourth-order valence-electron chi connectivity index (χ4n) is 0.839. The van der Waals surface area contributed by atoms with Crippen molar-refractivity contribution in [1.82, 2.24) is 5.32 Å². The number of alkyl halides is 3. The molecule has 0 aliphatic heterocycles. The van der Waals surface area contributed by atoms with Crippen LogP contribution in [-0.2, 0) is 4.74 Å². The Morgan fingerprint density at radius 2 is 1.93 bits per heavy atom. The zero-order valence-corrected chi connectivity index (χ0v) is 9.01. The van der Waals surface area contributed by atoms with Crippen molar-refractivity contribution < 1.29 is 17.9 Å². The molecule has 0 saturated carbocycles. The van der Waals surface area contributed by atoms with Gasteiger partial charge in [0.2, 0.25) is 0 Å². The predicted octanol–water partition coefficient (Wildman–Crippen LogP) is 2.26. The molecule has 0 aromatic carbocycles. The summed E-state index contributed by atoms with van der Waals surface area (Å²) < 4.78 is 39.8. The van der Waals surface area contributed by atoms with Gasteiger partial charge in [0.15, 0.2) is 0 Å². The number of hydrogen-bond donors (Lipinski definition) is 1. The Kier molecular flexibility index (Phi) is 8.41. The summed E-state index contributed by atoms with van der Waals surface area (Å²) in [6.45, 7) is 2.14. The van der Waals surface area contributed by atoms with E-state index in [0.29, 0.717) is 13.0 Å². The van der Waals surface area contributed by atoms with Crippen molar-refractivity contribution in [2.75, 3.05) is 32.6 Å². The first-order valence-electron chi connectivity index (χ1n) is 4.46. The molecule has 0 unspecified atom stereocenters. The Balaban J connectivity index is 2.99. The number of ether oxygens (including phenoxy) is 1. The molecule has 2 nitrogen and oxygen atoms in total. The van der Waals surface area contributed by atoms with Gasteiger partial charge in [0.25, 0.3) is 0 Å². The predicted molar refractivity (Wildman–Crippen MR) is 52.5 cm³/mol. The van der Waals surface area contributed by atoms with Crippen molar-refractivity contribution in [3.05, 3.63) is 0 Å². The highest BCUT2D eigenvalue weighted by molar-refractivity contribution is 8.00. The van der Waals surface area contributed by atoms with E-state index in [1.807, 2.05) is 0 Å². The zero-order chi connectivity index (χ0) is 10.9. The Morgan fingerprint density at radius 1 is 1.21 bits per heavy atom. The molecule has 0 aromatic heterocycles. The molecule has 0 bridgehead atoms. The van der Waals surface area contributed by atoms with Gasteiger partial charge in [-0.05, 0) is 19.4 Å². The van der Waals surface area contributed by atoms with Gasteiger partial charge in [0, 0.05) is 19.4 Å². The number of halogens is 3. The minimum Gasteiger partial charge on any atom is -0.383 e. The Morgan fingerprint density at radius 3 is 2.50 bits per heavy atom. The molecule has 0 aromatic rings. The molecule has 86 valence electrons. The first-order chi connectivity index (χ1) is 6.56. The number of thioether (sulfide) groups is 1. The van der Waals surface area contributed by atoms with Gasteiger partial charge in [0.1, 0.15) is 0 Å². The van der Waals surface area contributed by atoms with Crippen LogP contribution in [0.25, 0.3) is 0 Å². The van der Waals surface area contributed by atoms with E-state index < -0.39 is 5.51 Å². The standard InChI is InChI=1S/C8H16F3NOS/c1-13-6-5-12-4-2-3-7-14-8(9,10)11/h12H,2-7H2,1H3. The number of methoxy groups -OCH3 is 1. The van der Waals surface area contributed by atoms with Crippen LogP contribution in [0.4, 0.5) is 13.2 Å². The second-order valence-electron chi connectivity index (χ2n) is 2.74. The minimum absolute atomic E-state index is 0.0494. The van der Waals surface area contributed by atoms with Crippen LogP contribution in [0.15, 0.2) is 0 Å². The quantitative estimate of drug-likeness (QED) is 0.647. The topological polar surface area (TPSA) is 21.3 Å². The molecular weight excluding hydrogens is 215 g/mol. The maximum absolute atomic E-state index is 11.7. The Hall–Kier alpha value is 0.0600. The lowest BCUT2D eigenvalue weighted by atomic mass is 10.3. The summed E-state index contributed by atoms with van der Waals surface area (Å²) in [4.78, 5) is 0. The van der Waals surface area contributed by atoms with Crippen LogP contribution in [-0.4, -0.2) is 38.1 Å². The molecule has 0 amide bonds. The summed E-state index contributed by atoms with van der Waals surface area (Å²) >= 11 is 0.0494. The summed E-state index contributed by atoms with van der Waals surface area (Å²) in [5.74, 6) is 0.148. The van der Waals surface area contributed by atoms with Gasteiger partial charge in [-0.3, -0.25) is 0 Å². The van der Waals surface area contributed by atoms with E-state index in [2.05, 4.69) is 5.32 Å². The van der Waals surface area contributed by atoms with Crippen LogP contribution in [0.2, 0.25) is 0 Å². The van der Waals surface area contributed by atoms with Gasteiger partial charge in [-0.25, -0.2) is 0 Å². The molecule has 14 heavy (non-hydrogen) atoms. The maximum Gasteiger partial charge on any atom is 0.441 e. The normalized spacial score (nSPS) is 12.0. The van der Waals surface area contributed by atoms with Crippen molar-refractivity contribution in [2.24, 2.45) is 0 Å². The highest BCUT2D eigenvalue weighted by Gasteiger charge is 2.27. The third-order valence-corrected chi connectivity index (χ3v) is 2.32. The fraction of sp³-hybridized carbons (Fsp3) is 1.00. The highest BCUT2D eigenvalue weighted by Crippen LogP contribution is 2.30. The highest BCUT2D eigenvalue weighted by atomic mass is 32.2. The number of unbranched alkanes of at least 4 members (excludes halogenated alkanes) is 1. The van der Waals surface area contributed by atoms with Gasteiger partial charge in [-0.1, -0.05) is 11.8 Å². The molecule has 0 aliphatic carbocycles. The largest absolute Gasteiger partial charge is 0.441 e. The lowest BCUT2D eigenvalue weighted by Crippen LogP contribution is -2.20. The number of hydrogen-bond acceptors (Lipinski definition) is 3. The van der Waals surface area contributed by atoms with Crippen LogP contribution in [0.3, 0.4) is 0 Å². The lowest BCUT2D eigenvalue weighted by Gasteiger charge is -2.05. The zero-order valence-electron chi connectivity index (χ0n) is 8.19. The fourth-order valence-corrected chi connectivity index (χ4v) is 1.42. The van der Waals surface area contributed by atoms with Crippen LogP contribution >= 0.6 is 11.8 Å². The van der Waals surface area contributed by atoms with E-state index >= 15 is 0 Å². The molecule has 0 heterocycles. The summed E-state index contributed by atoms with van der Waals surface area (Å²) in [7, 11) is 1.61. The molecule has 0 aliphatic rings. The molecule has 6 heteroatoms. The Bertz CT molecular complexity index is 132. The third-order valence-electron chi connectivity index (χ3n) is 1.50. The summed E-state index contributed by atoms with van der Waals surface area (Å²) in [6.07, 6.45) is 1.36. The van der Waals surface area contributed by atoms with E-state index in [9.17, 15) is 13.2 Å². The molecule has 0 rings (SSSR count). The van der Waals surface area contributed by atoms with Crippen molar-refractivity contribution in [3.8, 4) is 0 Å². The van der Waals surface area contributed by atoms with Gasteiger partial charge >= 0.3 is 5.51 Å². The van der Waals surface area contributed by atoms with Gasteiger partial charge in [-0.2, -0.15) is 13.2 Å². The minimum atomic E-state index is -4.08. The lowest BCUT2D eigenvalue weighted by molar-refractivity contribution is -0.0328. The molecule has 0 saturated heterocycles. The summed E-state index contributed by atoms with van der Waals surface area (Å²) in [5, 5.41) is 3.07. The molecule has 1 N–H and O–H groups in total. The van der Waals surface area contributed by atoms with E-state index in [4.69, 9.17) is 4.74 Å². The first-order valence-corrected chi connectivity index (χ1v) is 5.45. The summed E-state index contributed by atoms with van der Waals surface area (Å²) in [6, 6.07) is 0. The van der Waals surface area contributed by atoms with E-state index in [1.54, 1.807) is 7.11 Å². The molecule has 0 fully saturated rings. The second-order valence-corrected chi connectivity index (χ2v) is 3.90. The monoisotopic (exact) mass is 231 g/mol. The van der Waals surface area contributed by atoms with Gasteiger partial charge < -0.3 is 10.1 Å². The van der Waals surface area contributed by atoms with Crippen LogP contribution in [0.1, 0.15) is 12.8 Å².